The maximum atomic E-state index is 11.4. The summed E-state index contributed by atoms with van der Waals surface area (Å²) >= 11 is 0. The molecule has 1 atom stereocenters. The van der Waals surface area contributed by atoms with Crippen molar-refractivity contribution in [1.82, 2.24) is 4.90 Å². The molecule has 1 aliphatic heterocycles. The summed E-state index contributed by atoms with van der Waals surface area (Å²) in [7, 11) is 0. The van der Waals surface area contributed by atoms with Crippen LogP contribution in [0.25, 0.3) is 0 Å². The van der Waals surface area contributed by atoms with Gasteiger partial charge in [0.15, 0.2) is 5.96 Å². The van der Waals surface area contributed by atoms with Crippen molar-refractivity contribution in [2.75, 3.05) is 36.4 Å². The van der Waals surface area contributed by atoms with Crippen LogP contribution in [-0.2, 0) is 11.2 Å². The lowest BCUT2D eigenvalue weighted by Gasteiger charge is -2.42. The first-order valence-corrected chi connectivity index (χ1v) is 13.0. The van der Waals surface area contributed by atoms with E-state index in [2.05, 4.69) is 65.4 Å². The largest absolute Gasteiger partial charge is 0.490 e. The van der Waals surface area contributed by atoms with E-state index in [-0.39, 0.29) is 5.56 Å². The highest BCUT2D eigenvalue weighted by molar-refractivity contribution is 5.96. The summed E-state index contributed by atoms with van der Waals surface area (Å²) in [5.41, 5.74) is 4.74. The summed E-state index contributed by atoms with van der Waals surface area (Å²) in [5, 5.41) is 19.9. The van der Waals surface area contributed by atoms with Crippen LogP contribution in [-0.4, -0.2) is 71.4 Å². The minimum absolute atomic E-state index is 0.256. The van der Waals surface area contributed by atoms with E-state index in [4.69, 9.17) is 14.9 Å². The van der Waals surface area contributed by atoms with Crippen LogP contribution in [0.2, 0.25) is 0 Å². The molecule has 0 bridgehead atoms. The van der Waals surface area contributed by atoms with Gasteiger partial charge in [-0.25, -0.2) is 9.59 Å². The van der Waals surface area contributed by atoms with Gasteiger partial charge in [0.25, 0.3) is 0 Å². The predicted molar refractivity (Wildman–Crippen MR) is 153 cm³/mol. The number of rotatable bonds is 6. The number of hydrogen-bond donors (Lipinski definition) is 3. The molecule has 8 nitrogen and oxygen atoms in total. The van der Waals surface area contributed by atoms with Gasteiger partial charge in [-0.1, -0.05) is 48.5 Å². The lowest BCUT2D eigenvalue weighted by atomic mass is 10.1. The number of benzene rings is 3. The standard InChI is InChI=1S/C28H32N4O2.C2HF3O2/c1-21-8-6-13-26(18-21)32-17-16-31(20-22(32)2)28(29-15-14-23-9-4-3-5-10-23)30-25-12-7-11-24(19-25)27(33)34;3-2(4,5)1(6)7/h3-13,18-19,22H,14-17,20H2,1-2H3,(H,29,30)(H,33,34);(H,6,7). The van der Waals surface area contributed by atoms with E-state index < -0.39 is 18.1 Å². The van der Waals surface area contributed by atoms with Gasteiger partial charge in [0, 0.05) is 43.6 Å². The number of nitrogens with one attached hydrogen (secondary N) is 1. The van der Waals surface area contributed by atoms with Gasteiger partial charge in [0.2, 0.25) is 0 Å². The molecule has 1 aliphatic rings. The summed E-state index contributed by atoms with van der Waals surface area (Å²) in [5.74, 6) is -2.91. The van der Waals surface area contributed by atoms with Gasteiger partial charge in [0.1, 0.15) is 0 Å². The molecule has 0 amide bonds. The van der Waals surface area contributed by atoms with Crippen LogP contribution in [0, 0.1) is 6.92 Å². The van der Waals surface area contributed by atoms with Crippen LogP contribution in [0.4, 0.5) is 24.5 Å². The SMILES string of the molecule is Cc1cccc(N2CCN(C(=NCCc3ccccc3)Nc3cccc(C(=O)O)c3)CC2C)c1.O=C(O)C(F)(F)F. The Morgan fingerprint density at radius 1 is 0.976 bits per heavy atom. The maximum absolute atomic E-state index is 11.4. The Hall–Kier alpha value is -4.54. The first kappa shape index (κ1) is 31.0. The van der Waals surface area contributed by atoms with Gasteiger partial charge in [-0.05, 0) is 61.7 Å². The third kappa shape index (κ3) is 9.55. The molecule has 3 aromatic carbocycles. The van der Waals surface area contributed by atoms with Crippen molar-refractivity contribution >= 4 is 29.3 Å². The van der Waals surface area contributed by atoms with Crippen LogP contribution >= 0.6 is 0 Å². The number of carboxylic acid groups (broad SMARTS) is 2. The Morgan fingerprint density at radius 3 is 2.27 bits per heavy atom. The lowest BCUT2D eigenvalue weighted by molar-refractivity contribution is -0.192. The molecule has 218 valence electrons. The topological polar surface area (TPSA) is 105 Å². The van der Waals surface area contributed by atoms with Crippen LogP contribution in [0.15, 0.2) is 83.9 Å². The average molecular weight is 571 g/mol. The number of aliphatic imine (C=N–C) groups is 1. The van der Waals surface area contributed by atoms with Crippen LogP contribution < -0.4 is 10.2 Å². The van der Waals surface area contributed by atoms with Gasteiger partial charge >= 0.3 is 18.1 Å². The van der Waals surface area contributed by atoms with Gasteiger partial charge in [-0.2, -0.15) is 13.2 Å². The molecular formula is C30H33F3N4O4. The smallest absolute Gasteiger partial charge is 0.478 e. The first-order valence-electron chi connectivity index (χ1n) is 13.0. The molecule has 1 saturated heterocycles. The molecule has 4 rings (SSSR count). The molecular weight excluding hydrogens is 537 g/mol. The molecule has 0 aliphatic carbocycles. The zero-order valence-electron chi connectivity index (χ0n) is 22.8. The zero-order valence-corrected chi connectivity index (χ0v) is 22.8. The number of alkyl halides is 3. The summed E-state index contributed by atoms with van der Waals surface area (Å²) < 4.78 is 31.7. The Labute approximate surface area is 236 Å². The number of halogens is 3. The van der Waals surface area contributed by atoms with E-state index in [0.717, 1.165) is 37.7 Å². The number of piperazine rings is 1. The second-order valence-corrected chi connectivity index (χ2v) is 9.58. The average Bonchev–Trinajstić information content (AvgIpc) is 2.93. The van der Waals surface area contributed by atoms with E-state index in [1.165, 1.54) is 16.8 Å². The number of carbonyl (C=O) groups is 2. The fourth-order valence-electron chi connectivity index (χ4n) is 4.35. The third-order valence-corrected chi connectivity index (χ3v) is 6.37. The zero-order chi connectivity index (χ0) is 30.0. The van der Waals surface area contributed by atoms with Crippen molar-refractivity contribution in [2.24, 2.45) is 4.99 Å². The molecule has 1 heterocycles. The minimum atomic E-state index is -5.08. The molecule has 0 saturated carbocycles. The Kier molecular flexibility index (Phi) is 10.7. The van der Waals surface area contributed by atoms with Crippen molar-refractivity contribution < 1.29 is 33.0 Å². The Bertz CT molecular complexity index is 1350. The number of guanidine groups is 1. The Morgan fingerprint density at radius 2 is 1.66 bits per heavy atom. The molecule has 41 heavy (non-hydrogen) atoms. The van der Waals surface area contributed by atoms with E-state index in [9.17, 15) is 23.1 Å². The van der Waals surface area contributed by atoms with Gasteiger partial charge in [0.05, 0.1) is 5.56 Å². The number of aliphatic carboxylic acids is 1. The maximum Gasteiger partial charge on any atom is 0.490 e. The fourth-order valence-corrected chi connectivity index (χ4v) is 4.35. The highest BCUT2D eigenvalue weighted by Crippen LogP contribution is 2.22. The van der Waals surface area contributed by atoms with Gasteiger partial charge in [-0.15, -0.1) is 0 Å². The van der Waals surface area contributed by atoms with E-state index >= 15 is 0 Å². The number of aryl methyl sites for hydroxylation is 1. The quantitative estimate of drug-likeness (QED) is 0.264. The fraction of sp³-hybridized carbons (Fsp3) is 0.300. The predicted octanol–water partition coefficient (Wildman–Crippen LogP) is 5.55. The molecule has 0 aromatic heterocycles. The van der Waals surface area contributed by atoms with Crippen LogP contribution in [0.5, 0.6) is 0 Å². The van der Waals surface area contributed by atoms with Crippen molar-refractivity contribution in [3.8, 4) is 0 Å². The van der Waals surface area contributed by atoms with E-state index in [0.29, 0.717) is 12.6 Å². The normalized spacial score (nSPS) is 15.5. The van der Waals surface area contributed by atoms with Crippen LogP contribution in [0.3, 0.4) is 0 Å². The van der Waals surface area contributed by atoms with Crippen molar-refractivity contribution in [3.63, 3.8) is 0 Å². The molecule has 3 N–H and O–H groups in total. The molecule has 3 aromatic rings. The third-order valence-electron chi connectivity index (χ3n) is 6.37. The monoisotopic (exact) mass is 570 g/mol. The summed E-state index contributed by atoms with van der Waals surface area (Å²) in [6.45, 7) is 7.55. The van der Waals surface area contributed by atoms with Crippen molar-refractivity contribution in [1.29, 1.82) is 0 Å². The highest BCUT2D eigenvalue weighted by atomic mass is 19.4. The number of aromatic carboxylic acids is 1. The number of hydrogen-bond acceptors (Lipinski definition) is 4. The number of nitrogens with zero attached hydrogens (tertiary/aromatic N) is 3. The van der Waals surface area contributed by atoms with Crippen molar-refractivity contribution in [2.45, 2.75) is 32.5 Å². The second kappa shape index (κ2) is 14.2. The van der Waals surface area contributed by atoms with Gasteiger partial charge < -0.3 is 25.3 Å². The lowest BCUT2D eigenvalue weighted by Crippen LogP contribution is -2.55. The second-order valence-electron chi connectivity index (χ2n) is 9.58. The minimum Gasteiger partial charge on any atom is -0.478 e. The molecule has 11 heteroatoms. The summed E-state index contributed by atoms with van der Waals surface area (Å²) in [4.78, 5) is 30.0. The first-order chi connectivity index (χ1) is 19.4. The van der Waals surface area contributed by atoms with E-state index in [1.807, 2.05) is 24.3 Å². The number of anilines is 2. The summed E-state index contributed by atoms with van der Waals surface area (Å²) in [6, 6.07) is 26.2. The van der Waals surface area contributed by atoms with Crippen molar-refractivity contribution in [3.05, 3.63) is 95.6 Å². The van der Waals surface area contributed by atoms with E-state index in [1.54, 1.807) is 18.2 Å². The molecule has 1 fully saturated rings. The highest BCUT2D eigenvalue weighted by Gasteiger charge is 2.38. The molecule has 0 radical (unpaired) electrons. The number of carboxylic acids is 2. The molecule has 1 unspecified atom stereocenters. The summed E-state index contributed by atoms with van der Waals surface area (Å²) in [6.07, 6.45) is -4.24. The van der Waals surface area contributed by atoms with Crippen LogP contribution in [0.1, 0.15) is 28.4 Å². The Balaban J connectivity index is 0.000000587. The van der Waals surface area contributed by atoms with Gasteiger partial charge in [-0.3, -0.25) is 4.99 Å². The molecule has 0 spiro atoms.